The minimum absolute atomic E-state index is 0.0106. The summed E-state index contributed by atoms with van der Waals surface area (Å²) in [5, 5.41) is 4.22. The predicted molar refractivity (Wildman–Crippen MR) is 90.1 cm³/mol. The second kappa shape index (κ2) is 7.78. The number of benzene rings is 1. The zero-order valence-electron chi connectivity index (χ0n) is 12.1. The van der Waals surface area contributed by atoms with Gasteiger partial charge in [0.2, 0.25) is 0 Å². The van der Waals surface area contributed by atoms with Crippen molar-refractivity contribution in [3.05, 3.63) is 57.3 Å². The third kappa shape index (κ3) is 4.19. The fourth-order valence-corrected chi connectivity index (χ4v) is 2.78. The van der Waals surface area contributed by atoms with Crippen LogP contribution < -0.4 is 10.1 Å². The van der Waals surface area contributed by atoms with Crippen molar-refractivity contribution in [2.45, 2.75) is 19.4 Å². The minimum Gasteiger partial charge on any atom is -0.496 e. The molecule has 21 heavy (non-hydrogen) atoms. The first-order chi connectivity index (χ1) is 10.2. The normalized spacial score (nSPS) is 12.2. The summed E-state index contributed by atoms with van der Waals surface area (Å²) in [6, 6.07) is 7.71. The van der Waals surface area contributed by atoms with E-state index in [2.05, 4.69) is 39.2 Å². The van der Waals surface area contributed by atoms with E-state index in [1.807, 2.05) is 24.4 Å². The van der Waals surface area contributed by atoms with Crippen molar-refractivity contribution < 1.29 is 4.74 Å². The fourth-order valence-electron chi connectivity index (χ4n) is 2.21. The summed E-state index contributed by atoms with van der Waals surface area (Å²) in [4.78, 5) is 4.26. The molecule has 1 unspecified atom stereocenters. The number of nitrogens with one attached hydrogen (secondary N) is 1. The predicted octanol–water partition coefficient (Wildman–Crippen LogP) is 4.60. The molecule has 0 saturated heterocycles. The summed E-state index contributed by atoms with van der Waals surface area (Å²) in [7, 11) is 1.67. The fraction of sp³-hybridized carbons (Fsp3) is 0.312. The third-order valence-electron chi connectivity index (χ3n) is 3.16. The van der Waals surface area contributed by atoms with Crippen LogP contribution in [-0.2, 0) is 0 Å². The van der Waals surface area contributed by atoms with Crippen LogP contribution in [0.4, 0.5) is 0 Å². The summed E-state index contributed by atoms with van der Waals surface area (Å²) >= 11 is 9.64. The molecule has 1 aromatic carbocycles. The zero-order valence-corrected chi connectivity index (χ0v) is 14.4. The van der Waals surface area contributed by atoms with E-state index in [4.69, 9.17) is 16.3 Å². The highest BCUT2D eigenvalue weighted by molar-refractivity contribution is 9.10. The summed E-state index contributed by atoms with van der Waals surface area (Å²) < 4.78 is 6.43. The molecule has 1 aromatic heterocycles. The molecule has 0 aliphatic rings. The maximum Gasteiger partial charge on any atom is 0.124 e. The van der Waals surface area contributed by atoms with Gasteiger partial charge in [-0.25, -0.2) is 0 Å². The average Bonchev–Trinajstić information content (AvgIpc) is 2.48. The Kier molecular flexibility index (Phi) is 6.03. The van der Waals surface area contributed by atoms with Crippen LogP contribution in [0.1, 0.15) is 30.5 Å². The third-order valence-corrected chi connectivity index (χ3v) is 3.83. The quantitative estimate of drug-likeness (QED) is 0.808. The van der Waals surface area contributed by atoms with Crippen molar-refractivity contribution in [1.82, 2.24) is 10.3 Å². The van der Waals surface area contributed by atoms with Crippen molar-refractivity contribution in [1.29, 1.82) is 0 Å². The number of hydrogen-bond acceptors (Lipinski definition) is 3. The lowest BCUT2D eigenvalue weighted by atomic mass is 9.99. The van der Waals surface area contributed by atoms with Crippen molar-refractivity contribution in [2.75, 3.05) is 13.7 Å². The molecule has 3 nitrogen and oxygen atoms in total. The Labute approximate surface area is 138 Å². The van der Waals surface area contributed by atoms with Crippen LogP contribution in [0.25, 0.3) is 0 Å². The maximum atomic E-state index is 6.16. The van der Waals surface area contributed by atoms with Crippen molar-refractivity contribution >= 4 is 27.5 Å². The molecule has 1 heterocycles. The van der Waals surface area contributed by atoms with Crippen LogP contribution in [0, 0.1) is 0 Å². The molecule has 0 aliphatic heterocycles. The Morgan fingerprint density at radius 2 is 2.14 bits per heavy atom. The standard InChI is InChI=1S/C16H18BrClN2O/c1-3-6-20-16(11-7-12(17)10-19-9-11)14-8-13(18)4-5-15(14)21-2/h4-5,7-10,16,20H,3,6H2,1-2H3. The number of hydrogen-bond donors (Lipinski definition) is 1. The molecule has 0 amide bonds. The Hall–Kier alpha value is -1.10. The summed E-state index contributed by atoms with van der Waals surface area (Å²) in [6.45, 7) is 3.03. The van der Waals surface area contributed by atoms with Crippen LogP contribution in [0.5, 0.6) is 5.75 Å². The lowest BCUT2D eigenvalue weighted by Gasteiger charge is -2.22. The first-order valence-corrected chi connectivity index (χ1v) is 8.00. The zero-order chi connectivity index (χ0) is 15.2. The lowest BCUT2D eigenvalue weighted by molar-refractivity contribution is 0.404. The molecular formula is C16H18BrClN2O. The minimum atomic E-state index is -0.0106. The van der Waals surface area contributed by atoms with Gasteiger partial charge < -0.3 is 10.1 Å². The van der Waals surface area contributed by atoms with Crippen molar-refractivity contribution in [3.8, 4) is 5.75 Å². The monoisotopic (exact) mass is 368 g/mol. The molecule has 1 N–H and O–H groups in total. The van der Waals surface area contributed by atoms with Gasteiger partial charge in [0.25, 0.3) is 0 Å². The van der Waals surface area contributed by atoms with Gasteiger partial charge in [-0.15, -0.1) is 0 Å². The van der Waals surface area contributed by atoms with E-state index in [0.29, 0.717) is 5.02 Å². The molecule has 0 spiro atoms. The van der Waals surface area contributed by atoms with E-state index < -0.39 is 0 Å². The van der Waals surface area contributed by atoms with Gasteiger partial charge in [0.05, 0.1) is 13.2 Å². The van der Waals surface area contributed by atoms with Gasteiger partial charge in [-0.05, 0) is 58.7 Å². The largest absolute Gasteiger partial charge is 0.496 e. The Morgan fingerprint density at radius 1 is 1.33 bits per heavy atom. The van der Waals surface area contributed by atoms with Crippen molar-refractivity contribution in [2.24, 2.45) is 0 Å². The van der Waals surface area contributed by atoms with E-state index in [-0.39, 0.29) is 6.04 Å². The van der Waals surface area contributed by atoms with Crippen LogP contribution in [0.3, 0.4) is 0 Å². The van der Waals surface area contributed by atoms with Gasteiger partial charge in [0.15, 0.2) is 0 Å². The summed E-state index contributed by atoms with van der Waals surface area (Å²) in [6.07, 6.45) is 4.68. The first kappa shape index (κ1) is 16.3. The number of ether oxygens (including phenoxy) is 1. The molecule has 2 rings (SSSR count). The molecule has 0 fully saturated rings. The highest BCUT2D eigenvalue weighted by Gasteiger charge is 2.18. The second-order valence-electron chi connectivity index (χ2n) is 4.71. The molecule has 0 bridgehead atoms. The summed E-state index contributed by atoms with van der Waals surface area (Å²) in [5.41, 5.74) is 2.08. The van der Waals surface area contributed by atoms with Gasteiger partial charge >= 0.3 is 0 Å². The average molecular weight is 370 g/mol. The number of aromatic nitrogens is 1. The lowest BCUT2D eigenvalue weighted by Crippen LogP contribution is -2.24. The molecule has 0 radical (unpaired) electrons. The van der Waals surface area contributed by atoms with E-state index >= 15 is 0 Å². The molecule has 2 aromatic rings. The molecule has 1 atom stereocenters. The van der Waals surface area contributed by atoms with Crippen LogP contribution >= 0.6 is 27.5 Å². The van der Waals surface area contributed by atoms with E-state index in [1.54, 1.807) is 13.3 Å². The number of methoxy groups -OCH3 is 1. The molecule has 0 aliphatic carbocycles. The van der Waals surface area contributed by atoms with Crippen molar-refractivity contribution in [3.63, 3.8) is 0 Å². The number of nitrogens with zero attached hydrogens (tertiary/aromatic N) is 1. The van der Waals surface area contributed by atoms with Gasteiger partial charge in [0.1, 0.15) is 5.75 Å². The van der Waals surface area contributed by atoms with Crippen LogP contribution in [0.15, 0.2) is 41.1 Å². The van der Waals surface area contributed by atoms with Gasteiger partial charge in [-0.1, -0.05) is 18.5 Å². The first-order valence-electron chi connectivity index (χ1n) is 6.83. The van der Waals surface area contributed by atoms with E-state index in [9.17, 15) is 0 Å². The highest BCUT2D eigenvalue weighted by atomic mass is 79.9. The molecule has 5 heteroatoms. The second-order valence-corrected chi connectivity index (χ2v) is 6.06. The summed E-state index contributed by atoms with van der Waals surface area (Å²) in [5.74, 6) is 0.813. The Morgan fingerprint density at radius 3 is 2.81 bits per heavy atom. The molecular weight excluding hydrogens is 352 g/mol. The van der Waals surface area contributed by atoms with Crippen LogP contribution in [-0.4, -0.2) is 18.6 Å². The number of pyridine rings is 1. The van der Waals surface area contributed by atoms with E-state index in [0.717, 1.165) is 34.3 Å². The molecule has 0 saturated carbocycles. The van der Waals surface area contributed by atoms with Crippen LogP contribution in [0.2, 0.25) is 5.02 Å². The number of halogens is 2. The Balaban J connectivity index is 2.47. The van der Waals surface area contributed by atoms with E-state index in [1.165, 1.54) is 0 Å². The maximum absolute atomic E-state index is 6.16. The topological polar surface area (TPSA) is 34.2 Å². The van der Waals surface area contributed by atoms with Gasteiger partial charge in [-0.3, -0.25) is 4.98 Å². The van der Waals surface area contributed by atoms with Gasteiger partial charge in [0, 0.05) is 27.5 Å². The highest BCUT2D eigenvalue weighted by Crippen LogP contribution is 2.32. The number of rotatable bonds is 6. The smallest absolute Gasteiger partial charge is 0.124 e. The molecule has 112 valence electrons. The Bertz CT molecular complexity index is 607. The SMILES string of the molecule is CCCNC(c1cncc(Br)c1)c1cc(Cl)ccc1OC. The van der Waals surface area contributed by atoms with Gasteiger partial charge in [-0.2, -0.15) is 0 Å².